The van der Waals surface area contributed by atoms with Crippen LogP contribution in [0.5, 0.6) is 0 Å². The van der Waals surface area contributed by atoms with E-state index >= 15 is 0 Å². The molecule has 0 amide bonds. The number of rotatable bonds is 8. The van der Waals surface area contributed by atoms with Crippen LogP contribution in [-0.4, -0.2) is 12.3 Å². The van der Waals surface area contributed by atoms with Crippen molar-refractivity contribution in [2.75, 3.05) is 0 Å². The molecule has 1 unspecified atom stereocenters. The molecule has 0 heterocycles. The lowest BCUT2D eigenvalue weighted by molar-refractivity contribution is 0.565. The maximum Gasteiger partial charge on any atom is 0.0508 e. The third-order valence-corrected chi connectivity index (χ3v) is 3.72. The van der Waals surface area contributed by atoms with Crippen molar-refractivity contribution in [3.63, 3.8) is 0 Å². The van der Waals surface area contributed by atoms with Crippen molar-refractivity contribution in [1.82, 2.24) is 0 Å². The van der Waals surface area contributed by atoms with Gasteiger partial charge in [0.1, 0.15) is 0 Å². The molecule has 0 radical (unpaired) electrons. The SMILES string of the molecule is CCCCCCCC(C)N=Cc1ccc(Cl)cc1Cl. The summed E-state index contributed by atoms with van der Waals surface area (Å²) in [5.41, 5.74) is 0.934. The highest BCUT2D eigenvalue weighted by Gasteiger charge is 2.01. The predicted octanol–water partition coefficient (Wildman–Crippen LogP) is 6.16. The summed E-state index contributed by atoms with van der Waals surface area (Å²) in [6.07, 6.45) is 9.56. The fraction of sp³-hybridized carbons (Fsp3) is 0.562. The smallest absolute Gasteiger partial charge is 0.0508 e. The first-order valence-electron chi connectivity index (χ1n) is 7.11. The van der Waals surface area contributed by atoms with E-state index in [4.69, 9.17) is 23.2 Å². The summed E-state index contributed by atoms with van der Waals surface area (Å²) in [7, 11) is 0. The zero-order valence-electron chi connectivity index (χ0n) is 11.8. The van der Waals surface area contributed by atoms with Gasteiger partial charge in [0.05, 0.1) is 5.02 Å². The number of nitrogens with zero attached hydrogens (tertiary/aromatic N) is 1. The lowest BCUT2D eigenvalue weighted by Gasteiger charge is -2.06. The molecule has 19 heavy (non-hydrogen) atoms. The standard InChI is InChI=1S/C16H23Cl2N/c1-3-4-5-6-7-8-13(2)19-12-14-9-10-15(17)11-16(14)18/h9-13H,3-8H2,1-2H3. The second-order valence-corrected chi connectivity index (χ2v) is 5.84. The van der Waals surface area contributed by atoms with Crippen molar-refractivity contribution in [3.05, 3.63) is 33.8 Å². The van der Waals surface area contributed by atoms with Crippen LogP contribution >= 0.6 is 23.2 Å². The number of benzene rings is 1. The third-order valence-electron chi connectivity index (χ3n) is 3.16. The highest BCUT2D eigenvalue weighted by atomic mass is 35.5. The van der Waals surface area contributed by atoms with E-state index in [2.05, 4.69) is 18.8 Å². The first-order chi connectivity index (χ1) is 9.13. The molecule has 0 aliphatic rings. The van der Waals surface area contributed by atoms with E-state index in [1.54, 1.807) is 6.07 Å². The van der Waals surface area contributed by atoms with Gasteiger partial charge in [0, 0.05) is 22.8 Å². The van der Waals surface area contributed by atoms with E-state index in [9.17, 15) is 0 Å². The number of hydrogen-bond donors (Lipinski definition) is 0. The Hall–Kier alpha value is -0.530. The van der Waals surface area contributed by atoms with E-state index in [0.717, 1.165) is 12.0 Å². The normalized spacial score (nSPS) is 13.1. The van der Waals surface area contributed by atoms with Gasteiger partial charge in [-0.05, 0) is 25.5 Å². The summed E-state index contributed by atoms with van der Waals surface area (Å²) in [6.45, 7) is 4.39. The average molecular weight is 300 g/mol. The average Bonchev–Trinajstić information content (AvgIpc) is 2.37. The molecule has 106 valence electrons. The maximum atomic E-state index is 6.10. The van der Waals surface area contributed by atoms with Gasteiger partial charge in [-0.25, -0.2) is 0 Å². The topological polar surface area (TPSA) is 12.4 Å². The molecule has 0 saturated carbocycles. The zero-order chi connectivity index (χ0) is 14.1. The van der Waals surface area contributed by atoms with Crippen molar-refractivity contribution < 1.29 is 0 Å². The molecular formula is C16H23Cl2N. The minimum absolute atomic E-state index is 0.355. The van der Waals surface area contributed by atoms with Gasteiger partial charge in [-0.3, -0.25) is 4.99 Å². The Morgan fingerprint density at radius 1 is 1.16 bits per heavy atom. The molecule has 0 fully saturated rings. The highest BCUT2D eigenvalue weighted by Crippen LogP contribution is 2.19. The zero-order valence-corrected chi connectivity index (χ0v) is 13.3. The summed E-state index contributed by atoms with van der Waals surface area (Å²) < 4.78 is 0. The van der Waals surface area contributed by atoms with Gasteiger partial charge in [-0.15, -0.1) is 0 Å². The first kappa shape index (κ1) is 16.5. The van der Waals surface area contributed by atoms with E-state index in [1.807, 2.05) is 18.3 Å². The number of aliphatic imine (C=N–C) groups is 1. The molecule has 0 bridgehead atoms. The van der Waals surface area contributed by atoms with Gasteiger partial charge in [0.2, 0.25) is 0 Å². The van der Waals surface area contributed by atoms with E-state index in [-0.39, 0.29) is 0 Å². The summed E-state index contributed by atoms with van der Waals surface area (Å²) in [5, 5.41) is 1.32. The van der Waals surface area contributed by atoms with Crippen LogP contribution in [0, 0.1) is 0 Å². The molecule has 0 saturated heterocycles. The highest BCUT2D eigenvalue weighted by molar-refractivity contribution is 6.36. The van der Waals surface area contributed by atoms with Crippen molar-refractivity contribution in [3.8, 4) is 0 Å². The monoisotopic (exact) mass is 299 g/mol. The Labute approximate surface area is 127 Å². The Morgan fingerprint density at radius 2 is 1.89 bits per heavy atom. The molecule has 3 heteroatoms. The number of halogens is 2. The summed E-state index contributed by atoms with van der Waals surface area (Å²) in [6, 6.07) is 5.85. The molecule has 1 aromatic rings. The fourth-order valence-corrected chi connectivity index (χ4v) is 2.39. The lowest BCUT2D eigenvalue weighted by atomic mass is 10.1. The predicted molar refractivity (Wildman–Crippen MR) is 86.9 cm³/mol. The lowest BCUT2D eigenvalue weighted by Crippen LogP contribution is -1.99. The van der Waals surface area contributed by atoms with Gasteiger partial charge in [0.25, 0.3) is 0 Å². The summed E-state index contributed by atoms with van der Waals surface area (Å²) >= 11 is 12.0. The molecule has 1 aromatic carbocycles. The van der Waals surface area contributed by atoms with Crippen LogP contribution in [0.3, 0.4) is 0 Å². The Bertz CT molecular complexity index is 402. The third kappa shape index (κ3) is 6.98. The Balaban J connectivity index is 2.34. The molecular weight excluding hydrogens is 277 g/mol. The summed E-state index contributed by atoms with van der Waals surface area (Å²) in [4.78, 5) is 4.55. The van der Waals surface area contributed by atoms with Crippen LogP contribution < -0.4 is 0 Å². The molecule has 1 nitrogen and oxygen atoms in total. The van der Waals surface area contributed by atoms with Gasteiger partial charge in [-0.1, -0.05) is 68.3 Å². The van der Waals surface area contributed by atoms with Crippen LogP contribution in [-0.2, 0) is 0 Å². The molecule has 0 aliphatic carbocycles. The first-order valence-corrected chi connectivity index (χ1v) is 7.87. The van der Waals surface area contributed by atoms with E-state index in [1.165, 1.54) is 32.1 Å². The van der Waals surface area contributed by atoms with Crippen LogP contribution in [0.2, 0.25) is 10.0 Å². The van der Waals surface area contributed by atoms with Crippen molar-refractivity contribution in [2.24, 2.45) is 4.99 Å². The molecule has 0 aliphatic heterocycles. The fourth-order valence-electron chi connectivity index (χ4n) is 1.93. The Morgan fingerprint density at radius 3 is 2.58 bits per heavy atom. The van der Waals surface area contributed by atoms with Crippen LogP contribution in [0.15, 0.2) is 23.2 Å². The van der Waals surface area contributed by atoms with Crippen molar-refractivity contribution >= 4 is 29.4 Å². The number of unbranched alkanes of at least 4 members (excludes halogenated alkanes) is 4. The van der Waals surface area contributed by atoms with E-state index in [0.29, 0.717) is 16.1 Å². The van der Waals surface area contributed by atoms with Crippen molar-refractivity contribution in [2.45, 2.75) is 58.4 Å². The second kappa shape index (κ2) is 9.39. The largest absolute Gasteiger partial charge is 0.289 e. The van der Waals surface area contributed by atoms with Gasteiger partial charge in [-0.2, -0.15) is 0 Å². The molecule has 0 N–H and O–H groups in total. The maximum absolute atomic E-state index is 6.10. The molecule has 1 atom stereocenters. The second-order valence-electron chi connectivity index (χ2n) is 5.00. The molecule has 0 spiro atoms. The van der Waals surface area contributed by atoms with Crippen LogP contribution in [0.4, 0.5) is 0 Å². The molecule has 0 aromatic heterocycles. The van der Waals surface area contributed by atoms with Crippen LogP contribution in [0.25, 0.3) is 0 Å². The quantitative estimate of drug-likeness (QED) is 0.402. The number of hydrogen-bond acceptors (Lipinski definition) is 1. The Kier molecular flexibility index (Phi) is 8.16. The van der Waals surface area contributed by atoms with Gasteiger partial charge >= 0.3 is 0 Å². The van der Waals surface area contributed by atoms with Gasteiger partial charge < -0.3 is 0 Å². The minimum Gasteiger partial charge on any atom is -0.289 e. The minimum atomic E-state index is 0.355. The summed E-state index contributed by atoms with van der Waals surface area (Å²) in [5.74, 6) is 0. The van der Waals surface area contributed by atoms with Crippen LogP contribution in [0.1, 0.15) is 57.9 Å². The molecule has 1 rings (SSSR count). The van der Waals surface area contributed by atoms with Gasteiger partial charge in [0.15, 0.2) is 0 Å². The van der Waals surface area contributed by atoms with Crippen molar-refractivity contribution in [1.29, 1.82) is 0 Å². The van der Waals surface area contributed by atoms with E-state index < -0.39 is 0 Å².